The number of aryl methyl sites for hydroxylation is 1. The van der Waals surface area contributed by atoms with E-state index in [9.17, 15) is 14.4 Å². The van der Waals surface area contributed by atoms with Crippen molar-refractivity contribution in [3.63, 3.8) is 0 Å². The van der Waals surface area contributed by atoms with Gasteiger partial charge >= 0.3 is 5.69 Å². The molecule has 12 nitrogen and oxygen atoms in total. The van der Waals surface area contributed by atoms with Crippen molar-refractivity contribution in [3.05, 3.63) is 107 Å². The second-order valence-electron chi connectivity index (χ2n) is 10.4. The number of benzene rings is 2. The SMILES string of the molecule is CCc1ccnc(NC(=O)c2ccc(-n3c(=O)n(-c4cccc(N(C)C(=O)C=CCN(C)C)c4)c4ncnc(N)c43)cc2)c1. The Hall–Kier alpha value is -5.62. The minimum atomic E-state index is -0.443. The number of amides is 2. The number of nitrogen functional groups attached to an aromatic ring is 1. The molecule has 3 N–H and O–H groups in total. The summed E-state index contributed by atoms with van der Waals surface area (Å²) in [5.41, 5.74) is 9.43. The molecule has 0 aliphatic carbocycles. The zero-order chi connectivity index (χ0) is 31.4. The Bertz CT molecular complexity index is 1920. The number of imidazole rings is 1. The fraction of sp³-hybridized carbons (Fsp3) is 0.188. The quantitative estimate of drug-likeness (QED) is 0.248. The normalized spacial score (nSPS) is 11.4. The molecule has 224 valence electrons. The smallest absolute Gasteiger partial charge is 0.339 e. The number of pyridine rings is 1. The molecule has 2 amide bonds. The molecule has 2 aromatic carbocycles. The number of carbonyl (C=O) groups is 2. The van der Waals surface area contributed by atoms with Crippen LogP contribution < -0.4 is 21.6 Å². The molecule has 0 bridgehead atoms. The first kappa shape index (κ1) is 29.9. The van der Waals surface area contributed by atoms with E-state index in [0.717, 1.165) is 12.0 Å². The van der Waals surface area contributed by atoms with E-state index in [1.54, 1.807) is 67.9 Å². The van der Waals surface area contributed by atoms with Crippen LogP contribution in [0.5, 0.6) is 0 Å². The molecule has 0 aliphatic heterocycles. The molecule has 0 atom stereocenters. The zero-order valence-electron chi connectivity index (χ0n) is 24.9. The van der Waals surface area contributed by atoms with Crippen molar-refractivity contribution < 1.29 is 9.59 Å². The van der Waals surface area contributed by atoms with Crippen LogP contribution in [-0.4, -0.2) is 68.5 Å². The van der Waals surface area contributed by atoms with Gasteiger partial charge in [0.05, 0.1) is 11.4 Å². The highest BCUT2D eigenvalue weighted by atomic mass is 16.2. The van der Waals surface area contributed by atoms with Crippen LogP contribution in [0, 0.1) is 0 Å². The lowest BCUT2D eigenvalue weighted by Crippen LogP contribution is -2.25. The first-order valence-corrected chi connectivity index (χ1v) is 14.0. The van der Waals surface area contributed by atoms with Crippen LogP contribution in [0.1, 0.15) is 22.8 Å². The topological polar surface area (TPSA) is 144 Å². The lowest BCUT2D eigenvalue weighted by atomic mass is 10.2. The maximum Gasteiger partial charge on any atom is 0.339 e. The summed E-state index contributed by atoms with van der Waals surface area (Å²) < 4.78 is 2.83. The van der Waals surface area contributed by atoms with Crippen molar-refractivity contribution in [2.75, 3.05) is 43.6 Å². The average molecular weight is 592 g/mol. The summed E-state index contributed by atoms with van der Waals surface area (Å²) in [5, 5.41) is 2.81. The van der Waals surface area contributed by atoms with E-state index in [0.29, 0.717) is 46.2 Å². The molecular weight excluding hydrogens is 558 g/mol. The van der Waals surface area contributed by atoms with Gasteiger partial charge in [0.25, 0.3) is 5.91 Å². The largest absolute Gasteiger partial charge is 0.382 e. The summed E-state index contributed by atoms with van der Waals surface area (Å²) in [6.07, 6.45) is 7.07. The van der Waals surface area contributed by atoms with E-state index >= 15 is 0 Å². The van der Waals surface area contributed by atoms with Crippen molar-refractivity contribution in [2.24, 2.45) is 0 Å². The third kappa shape index (κ3) is 6.10. The number of hydrogen-bond acceptors (Lipinski definition) is 8. The Kier molecular flexibility index (Phi) is 8.63. The van der Waals surface area contributed by atoms with Crippen LogP contribution in [0.15, 0.2) is 90.1 Å². The zero-order valence-corrected chi connectivity index (χ0v) is 24.9. The molecule has 0 spiro atoms. The van der Waals surface area contributed by atoms with Crippen molar-refractivity contribution in [1.82, 2.24) is 29.0 Å². The minimum absolute atomic E-state index is 0.115. The summed E-state index contributed by atoms with van der Waals surface area (Å²) >= 11 is 0. The number of nitrogens with two attached hydrogens (primary N) is 1. The predicted octanol–water partition coefficient (Wildman–Crippen LogP) is 3.44. The van der Waals surface area contributed by atoms with E-state index in [2.05, 4.69) is 20.3 Å². The second-order valence-corrected chi connectivity index (χ2v) is 10.4. The molecule has 0 unspecified atom stereocenters. The van der Waals surface area contributed by atoms with Gasteiger partial charge in [0.2, 0.25) is 5.91 Å². The summed E-state index contributed by atoms with van der Waals surface area (Å²) in [6, 6.07) is 17.3. The van der Waals surface area contributed by atoms with Gasteiger partial charge in [-0.3, -0.25) is 14.2 Å². The first-order valence-electron chi connectivity index (χ1n) is 14.0. The van der Waals surface area contributed by atoms with Gasteiger partial charge in [-0.05, 0) is 80.7 Å². The fourth-order valence-electron chi connectivity index (χ4n) is 4.68. The van der Waals surface area contributed by atoms with Gasteiger partial charge in [-0.25, -0.2) is 24.3 Å². The molecule has 44 heavy (non-hydrogen) atoms. The molecule has 0 aliphatic rings. The number of likely N-dealkylation sites (N-methyl/N-ethyl adjacent to an activating group) is 2. The maximum absolute atomic E-state index is 14.0. The van der Waals surface area contributed by atoms with Gasteiger partial charge in [-0.15, -0.1) is 0 Å². The fourth-order valence-corrected chi connectivity index (χ4v) is 4.68. The Labute approximate surface area is 254 Å². The maximum atomic E-state index is 14.0. The van der Waals surface area contributed by atoms with Gasteiger partial charge < -0.3 is 20.9 Å². The van der Waals surface area contributed by atoms with E-state index in [4.69, 9.17) is 5.73 Å². The number of fused-ring (bicyclic) bond motifs is 1. The third-order valence-electron chi connectivity index (χ3n) is 7.05. The standard InChI is InChI=1S/C32H33N9O3/c1-5-21-15-16-34-26(18-21)37-31(43)22-11-13-23(14-12-22)40-28-29(33)35-20-36-30(28)41(32(40)44)25-9-6-8-24(19-25)39(4)27(42)10-7-17-38(2)3/h6-16,18-20H,5,17H2,1-4H3,(H2,33,35,36)(H,34,37,43). The second kappa shape index (κ2) is 12.7. The Morgan fingerprint density at radius 1 is 0.955 bits per heavy atom. The minimum Gasteiger partial charge on any atom is -0.382 e. The molecule has 12 heteroatoms. The van der Waals surface area contributed by atoms with Crippen molar-refractivity contribution in [2.45, 2.75) is 13.3 Å². The van der Waals surface area contributed by atoms with Gasteiger partial charge in [-0.1, -0.05) is 19.1 Å². The lowest BCUT2D eigenvalue weighted by molar-refractivity contribution is -0.113. The molecular formula is C32H33N9O3. The van der Waals surface area contributed by atoms with Gasteiger partial charge in [0.1, 0.15) is 17.7 Å². The highest BCUT2D eigenvalue weighted by Crippen LogP contribution is 2.25. The molecule has 5 rings (SSSR count). The van der Waals surface area contributed by atoms with Crippen molar-refractivity contribution >= 4 is 40.3 Å². The van der Waals surface area contributed by atoms with E-state index in [1.165, 1.54) is 26.4 Å². The number of anilines is 3. The van der Waals surface area contributed by atoms with Gasteiger partial charge in [0.15, 0.2) is 11.5 Å². The van der Waals surface area contributed by atoms with Gasteiger partial charge in [-0.2, -0.15) is 0 Å². The van der Waals surface area contributed by atoms with Crippen LogP contribution in [-0.2, 0) is 11.2 Å². The van der Waals surface area contributed by atoms with Gasteiger partial charge in [0, 0.05) is 37.1 Å². The summed E-state index contributed by atoms with van der Waals surface area (Å²) in [5.74, 6) is 0.0381. The highest BCUT2D eigenvalue weighted by molar-refractivity contribution is 6.04. The van der Waals surface area contributed by atoms with Crippen LogP contribution in [0.3, 0.4) is 0 Å². The number of rotatable bonds is 9. The highest BCUT2D eigenvalue weighted by Gasteiger charge is 2.21. The lowest BCUT2D eigenvalue weighted by Gasteiger charge is -2.16. The van der Waals surface area contributed by atoms with E-state index in [1.807, 2.05) is 38.1 Å². The van der Waals surface area contributed by atoms with Crippen LogP contribution in [0.4, 0.5) is 17.3 Å². The van der Waals surface area contributed by atoms with Crippen LogP contribution >= 0.6 is 0 Å². The van der Waals surface area contributed by atoms with Crippen molar-refractivity contribution in [1.29, 1.82) is 0 Å². The molecule has 0 fully saturated rings. The number of carbonyl (C=O) groups excluding carboxylic acids is 2. The third-order valence-corrected chi connectivity index (χ3v) is 7.05. The first-order chi connectivity index (χ1) is 21.2. The Morgan fingerprint density at radius 2 is 1.73 bits per heavy atom. The van der Waals surface area contributed by atoms with Crippen LogP contribution in [0.2, 0.25) is 0 Å². The number of aromatic nitrogens is 5. The Balaban J connectivity index is 1.50. The Morgan fingerprint density at radius 3 is 2.45 bits per heavy atom. The summed E-state index contributed by atoms with van der Waals surface area (Å²) in [7, 11) is 5.51. The molecule has 5 aromatic rings. The number of nitrogens with zero attached hydrogens (tertiary/aromatic N) is 7. The summed E-state index contributed by atoms with van der Waals surface area (Å²) in [4.78, 5) is 55.8. The van der Waals surface area contributed by atoms with Crippen LogP contribution in [0.25, 0.3) is 22.5 Å². The predicted molar refractivity (Wildman–Crippen MR) is 172 cm³/mol. The van der Waals surface area contributed by atoms with E-state index < -0.39 is 5.69 Å². The van der Waals surface area contributed by atoms with E-state index in [-0.39, 0.29) is 17.6 Å². The van der Waals surface area contributed by atoms with Crippen molar-refractivity contribution in [3.8, 4) is 11.4 Å². The molecule has 0 radical (unpaired) electrons. The molecule has 0 saturated carbocycles. The number of nitrogens with one attached hydrogen (secondary N) is 1. The number of hydrogen-bond donors (Lipinski definition) is 2. The monoisotopic (exact) mass is 591 g/mol. The summed E-state index contributed by atoms with van der Waals surface area (Å²) in [6.45, 7) is 2.66. The molecule has 3 aromatic heterocycles. The average Bonchev–Trinajstić information content (AvgIpc) is 3.33. The molecule has 3 heterocycles. The molecule has 0 saturated heterocycles.